The fourth-order valence-corrected chi connectivity index (χ4v) is 4.47. The third-order valence-electron chi connectivity index (χ3n) is 4.73. The number of anilines is 1. The van der Waals surface area contributed by atoms with Gasteiger partial charge >= 0.3 is 0 Å². The summed E-state index contributed by atoms with van der Waals surface area (Å²) in [6.45, 7) is 5.19. The van der Waals surface area contributed by atoms with Crippen molar-refractivity contribution in [2.24, 2.45) is 0 Å². The average molecular weight is 361 g/mol. The Kier molecular flexibility index (Phi) is 4.51. The number of aryl methyl sites for hydroxylation is 2. The molecule has 0 aliphatic carbocycles. The van der Waals surface area contributed by atoms with Crippen molar-refractivity contribution in [1.29, 1.82) is 0 Å². The predicted molar refractivity (Wildman–Crippen MR) is 108 cm³/mol. The van der Waals surface area contributed by atoms with Crippen LogP contribution in [0.5, 0.6) is 0 Å². The molecule has 0 amide bonds. The van der Waals surface area contributed by atoms with Gasteiger partial charge < -0.3 is 4.90 Å². The van der Waals surface area contributed by atoms with Crippen LogP contribution in [0.1, 0.15) is 22.5 Å². The molecule has 0 saturated heterocycles. The third-order valence-corrected chi connectivity index (χ3v) is 5.89. The van der Waals surface area contributed by atoms with Crippen LogP contribution in [0.25, 0.3) is 6.08 Å². The van der Waals surface area contributed by atoms with Crippen LogP contribution in [0.3, 0.4) is 0 Å². The molecule has 0 unspecified atom stereocenters. The van der Waals surface area contributed by atoms with Crippen LogP contribution in [0.15, 0.2) is 70.8 Å². The first-order chi connectivity index (χ1) is 12.6. The van der Waals surface area contributed by atoms with Gasteiger partial charge in [0.25, 0.3) is 0 Å². The summed E-state index contributed by atoms with van der Waals surface area (Å²) in [6, 6.07) is 17.2. The van der Waals surface area contributed by atoms with Gasteiger partial charge in [-0.15, -0.1) is 0 Å². The van der Waals surface area contributed by atoms with Gasteiger partial charge in [-0.25, -0.2) is 0 Å². The molecule has 1 aromatic carbocycles. The quantitative estimate of drug-likeness (QED) is 0.638. The highest BCUT2D eigenvalue weighted by Gasteiger charge is 2.21. The topological polar surface area (TPSA) is 20.0 Å². The first kappa shape index (κ1) is 16.9. The number of benzene rings is 1. The van der Waals surface area contributed by atoms with E-state index >= 15 is 0 Å². The van der Waals surface area contributed by atoms with Crippen LogP contribution >= 0.6 is 11.8 Å². The van der Waals surface area contributed by atoms with E-state index in [2.05, 4.69) is 83.9 Å². The normalized spacial score (nSPS) is 14.7. The summed E-state index contributed by atoms with van der Waals surface area (Å²) < 4.78 is 2.33. The predicted octanol–water partition coefficient (Wildman–Crippen LogP) is 4.57. The Balaban J connectivity index is 1.63. The second-order valence-corrected chi connectivity index (χ2v) is 7.69. The first-order valence-corrected chi connectivity index (χ1v) is 9.56. The number of pyridine rings is 2. The van der Waals surface area contributed by atoms with Crippen LogP contribution in [0, 0.1) is 13.8 Å². The molecule has 0 spiro atoms. The molecule has 0 atom stereocenters. The molecule has 130 valence electrons. The van der Waals surface area contributed by atoms with Crippen LogP contribution in [-0.2, 0) is 6.54 Å². The fraction of sp³-hybridized carbons (Fsp3) is 0.182. The Morgan fingerprint density at radius 3 is 2.54 bits per heavy atom. The zero-order valence-electron chi connectivity index (χ0n) is 15.3. The number of para-hydroxylation sites is 1. The molecule has 0 radical (unpaired) electrons. The van der Waals surface area contributed by atoms with Gasteiger partial charge in [0.2, 0.25) is 0 Å². The van der Waals surface area contributed by atoms with Crippen LogP contribution in [0.4, 0.5) is 5.69 Å². The molecule has 3 heterocycles. The minimum atomic E-state index is 0.850. The van der Waals surface area contributed by atoms with Crippen molar-refractivity contribution < 1.29 is 4.57 Å². The lowest BCUT2D eigenvalue weighted by atomic mass is 10.1. The summed E-state index contributed by atoms with van der Waals surface area (Å²) in [7, 11) is 2.13. The summed E-state index contributed by atoms with van der Waals surface area (Å²) >= 11 is 1.83. The number of aromatic nitrogens is 2. The minimum absolute atomic E-state index is 0.850. The highest BCUT2D eigenvalue weighted by Crippen LogP contribution is 2.45. The van der Waals surface area contributed by atoms with Crippen molar-refractivity contribution in [3.05, 3.63) is 88.5 Å². The van der Waals surface area contributed by atoms with Crippen molar-refractivity contribution in [3.8, 4) is 0 Å². The number of nitrogens with zero attached hydrogens (tertiary/aromatic N) is 3. The van der Waals surface area contributed by atoms with Crippen molar-refractivity contribution in [2.45, 2.75) is 25.3 Å². The van der Waals surface area contributed by atoms with Gasteiger partial charge in [0, 0.05) is 55.9 Å². The van der Waals surface area contributed by atoms with E-state index in [-0.39, 0.29) is 0 Å². The van der Waals surface area contributed by atoms with Crippen molar-refractivity contribution in [3.63, 3.8) is 0 Å². The van der Waals surface area contributed by atoms with E-state index in [4.69, 9.17) is 0 Å². The maximum Gasteiger partial charge on any atom is 0.179 e. The van der Waals surface area contributed by atoms with Crippen molar-refractivity contribution in [1.82, 2.24) is 4.98 Å². The Bertz CT molecular complexity index is 957. The molecule has 3 aromatic rings. The van der Waals surface area contributed by atoms with Gasteiger partial charge in [-0.2, -0.15) is 4.57 Å². The minimum Gasteiger partial charge on any atom is -0.338 e. The summed E-state index contributed by atoms with van der Waals surface area (Å²) in [4.78, 5) is 7.81. The second-order valence-electron chi connectivity index (χ2n) is 6.63. The van der Waals surface area contributed by atoms with Gasteiger partial charge in [0.05, 0.1) is 10.7 Å². The van der Waals surface area contributed by atoms with E-state index in [1.807, 2.05) is 30.2 Å². The van der Waals surface area contributed by atoms with E-state index in [9.17, 15) is 0 Å². The average Bonchev–Trinajstić information content (AvgIpc) is 2.95. The maximum atomic E-state index is 4.22. The van der Waals surface area contributed by atoms with Gasteiger partial charge in [-0.05, 0) is 35.9 Å². The highest BCUT2D eigenvalue weighted by atomic mass is 32.2. The lowest BCUT2D eigenvalue weighted by Crippen LogP contribution is -2.40. The van der Waals surface area contributed by atoms with E-state index in [0.29, 0.717) is 0 Å². The van der Waals surface area contributed by atoms with Gasteiger partial charge in [0.15, 0.2) is 17.9 Å². The number of thioether (sulfide) groups is 1. The number of fused-ring (bicyclic) bond motifs is 1. The molecule has 2 aromatic heterocycles. The Labute approximate surface area is 159 Å². The smallest absolute Gasteiger partial charge is 0.179 e. The molecule has 1 aliphatic heterocycles. The Morgan fingerprint density at radius 2 is 1.85 bits per heavy atom. The Morgan fingerprint density at radius 1 is 1.08 bits per heavy atom. The molecule has 3 nitrogen and oxygen atoms in total. The number of hydrogen-bond acceptors (Lipinski definition) is 3. The molecule has 4 heteroatoms. The summed E-state index contributed by atoms with van der Waals surface area (Å²) in [5.41, 5.74) is 6.24. The second kappa shape index (κ2) is 6.96. The largest absolute Gasteiger partial charge is 0.338 e. The van der Waals surface area contributed by atoms with Gasteiger partial charge in [-0.3, -0.25) is 4.98 Å². The van der Waals surface area contributed by atoms with Gasteiger partial charge in [-0.1, -0.05) is 23.9 Å². The molecule has 0 fully saturated rings. The zero-order chi connectivity index (χ0) is 18.1. The van der Waals surface area contributed by atoms with Crippen LogP contribution < -0.4 is 9.47 Å². The third kappa shape index (κ3) is 3.25. The molecule has 0 saturated carbocycles. The number of rotatable bonds is 3. The van der Waals surface area contributed by atoms with Crippen molar-refractivity contribution >= 4 is 23.5 Å². The standard InChI is InChI=1S/C22H22N3S/c1-16-11-19(12-17(2)25(16)15-18-7-6-10-23-14-18)13-22-24(3)20-8-4-5-9-21(20)26-22/h4-14H,15H2,1-3H3/q+1. The molecular formula is C22H22N3S+. The number of hydrogen-bond donors (Lipinski definition) is 0. The summed E-state index contributed by atoms with van der Waals surface area (Å²) in [6.07, 6.45) is 6.03. The van der Waals surface area contributed by atoms with Crippen LogP contribution in [0.2, 0.25) is 0 Å². The monoisotopic (exact) mass is 360 g/mol. The van der Waals surface area contributed by atoms with E-state index in [1.165, 1.54) is 38.1 Å². The Hall–Kier alpha value is -2.59. The molecule has 1 aliphatic rings. The summed E-state index contributed by atoms with van der Waals surface area (Å²) in [5, 5.41) is 1.26. The lowest BCUT2D eigenvalue weighted by Gasteiger charge is -2.13. The van der Waals surface area contributed by atoms with Crippen molar-refractivity contribution in [2.75, 3.05) is 11.9 Å². The molecule has 4 rings (SSSR count). The lowest BCUT2D eigenvalue weighted by molar-refractivity contribution is -0.700. The maximum absolute atomic E-state index is 4.22. The molecule has 0 N–H and O–H groups in total. The van der Waals surface area contributed by atoms with Crippen LogP contribution in [-0.4, -0.2) is 12.0 Å². The van der Waals surface area contributed by atoms with E-state index < -0.39 is 0 Å². The molecule has 0 bridgehead atoms. The molecule has 26 heavy (non-hydrogen) atoms. The molecular weight excluding hydrogens is 338 g/mol. The van der Waals surface area contributed by atoms with E-state index in [1.54, 1.807) is 0 Å². The first-order valence-electron chi connectivity index (χ1n) is 8.74. The summed E-state index contributed by atoms with van der Waals surface area (Å²) in [5.74, 6) is 0. The SMILES string of the molecule is Cc1cc(/C=C2\Sc3ccccc3N2C)cc(C)[n+]1Cc1cccnc1. The highest BCUT2D eigenvalue weighted by molar-refractivity contribution is 8.03. The van der Waals surface area contributed by atoms with E-state index in [0.717, 1.165) is 6.54 Å². The zero-order valence-corrected chi connectivity index (χ0v) is 16.1. The fourth-order valence-electron chi connectivity index (χ4n) is 3.35. The van der Waals surface area contributed by atoms with Gasteiger partial charge in [0.1, 0.15) is 0 Å².